The minimum Gasteiger partial charge on any atom is -0.493 e. The molecule has 208 valence electrons. The molecule has 4 rings (SSSR count). The highest BCUT2D eigenvalue weighted by molar-refractivity contribution is 5.96. The lowest BCUT2D eigenvalue weighted by atomic mass is 9.77. The van der Waals surface area contributed by atoms with Crippen molar-refractivity contribution >= 4 is 11.8 Å². The second-order valence-electron chi connectivity index (χ2n) is 9.42. The van der Waals surface area contributed by atoms with Gasteiger partial charge in [0.15, 0.2) is 11.5 Å². The molecule has 0 fully saturated rings. The summed E-state index contributed by atoms with van der Waals surface area (Å²) in [5.41, 5.74) is 1.98. The molecule has 10 heteroatoms. The predicted molar refractivity (Wildman–Crippen MR) is 140 cm³/mol. The standard InChI is InChI=1S/C29H33FN2O7/c1-3-4-5-24(35)32(15-17-6-8-19(30)9-7-17)22-14-21(29(37)31-10-11-33)25-20-12-18(16-34)13-23(38-2)27(20)39-28(25)26(22)36/h4-9,12-14,22,25-26,28,33-34,36H,3,10-11,15-16H2,1-2H3,(H,31,37). The molecule has 0 aromatic heterocycles. The van der Waals surface area contributed by atoms with Gasteiger partial charge in [0.1, 0.15) is 18.0 Å². The van der Waals surface area contributed by atoms with Crippen LogP contribution < -0.4 is 14.8 Å². The quantitative estimate of drug-likeness (QED) is 0.339. The van der Waals surface area contributed by atoms with Gasteiger partial charge >= 0.3 is 0 Å². The molecule has 0 saturated carbocycles. The van der Waals surface area contributed by atoms with E-state index in [1.165, 1.54) is 30.2 Å². The topological polar surface area (TPSA) is 129 Å². The number of aliphatic hydroxyl groups is 3. The Morgan fingerprint density at radius 1 is 1.18 bits per heavy atom. The summed E-state index contributed by atoms with van der Waals surface area (Å²) in [5, 5.41) is 33.4. The van der Waals surface area contributed by atoms with Crippen molar-refractivity contribution in [2.24, 2.45) is 0 Å². The molecule has 0 spiro atoms. The van der Waals surface area contributed by atoms with Gasteiger partial charge in [-0.1, -0.05) is 25.1 Å². The number of fused-ring (bicyclic) bond motifs is 3. The average molecular weight is 541 g/mol. The molecule has 4 N–H and O–H groups in total. The van der Waals surface area contributed by atoms with E-state index in [1.807, 2.05) is 6.92 Å². The normalized spacial score (nSPS) is 21.5. The third-order valence-electron chi connectivity index (χ3n) is 6.90. The molecule has 0 bridgehead atoms. The Kier molecular flexibility index (Phi) is 9.01. The molecule has 1 aliphatic heterocycles. The highest BCUT2D eigenvalue weighted by atomic mass is 19.1. The summed E-state index contributed by atoms with van der Waals surface area (Å²) >= 11 is 0. The lowest BCUT2D eigenvalue weighted by Gasteiger charge is -2.40. The minimum atomic E-state index is -1.25. The molecule has 2 aromatic carbocycles. The number of nitrogens with zero attached hydrogens (tertiary/aromatic N) is 1. The van der Waals surface area contributed by atoms with Crippen molar-refractivity contribution in [2.45, 2.75) is 50.7 Å². The van der Waals surface area contributed by atoms with Gasteiger partial charge in [0.25, 0.3) is 0 Å². The molecular formula is C29H33FN2O7. The zero-order valence-corrected chi connectivity index (χ0v) is 21.8. The lowest BCUT2D eigenvalue weighted by Crippen LogP contribution is -2.55. The van der Waals surface area contributed by atoms with Crippen LogP contribution in [0.2, 0.25) is 0 Å². The van der Waals surface area contributed by atoms with Crippen LogP contribution in [-0.2, 0) is 22.7 Å². The SMILES string of the molecule is CCC=CC(=O)N(Cc1ccc(F)cc1)C1C=C(C(=O)NCCO)C2c3cc(CO)cc(OC)c3OC2C1O. The van der Waals surface area contributed by atoms with E-state index in [1.54, 1.807) is 36.4 Å². The molecular weight excluding hydrogens is 507 g/mol. The molecule has 2 aromatic rings. The maximum atomic E-state index is 13.6. The van der Waals surface area contributed by atoms with Crippen LogP contribution in [0.3, 0.4) is 0 Å². The van der Waals surface area contributed by atoms with E-state index in [0.717, 1.165) is 0 Å². The van der Waals surface area contributed by atoms with Crippen LogP contribution in [0, 0.1) is 5.82 Å². The van der Waals surface area contributed by atoms with Crippen LogP contribution >= 0.6 is 0 Å². The van der Waals surface area contributed by atoms with Crippen LogP contribution in [0.1, 0.15) is 36.0 Å². The Bertz CT molecular complexity index is 1260. The number of methoxy groups -OCH3 is 1. The molecule has 4 unspecified atom stereocenters. The van der Waals surface area contributed by atoms with Gasteiger partial charge in [-0.25, -0.2) is 4.39 Å². The maximum absolute atomic E-state index is 13.6. The monoisotopic (exact) mass is 540 g/mol. The fourth-order valence-electron chi connectivity index (χ4n) is 5.05. The van der Waals surface area contributed by atoms with Crippen LogP contribution in [0.15, 0.2) is 60.2 Å². The summed E-state index contributed by atoms with van der Waals surface area (Å²) in [7, 11) is 1.45. The van der Waals surface area contributed by atoms with Gasteiger partial charge in [0, 0.05) is 24.2 Å². The van der Waals surface area contributed by atoms with Crippen LogP contribution in [0.25, 0.3) is 0 Å². The second kappa shape index (κ2) is 12.4. The molecule has 2 amide bonds. The van der Waals surface area contributed by atoms with Gasteiger partial charge in [0.2, 0.25) is 11.8 Å². The Morgan fingerprint density at radius 3 is 2.56 bits per heavy atom. The number of carbonyl (C=O) groups is 2. The van der Waals surface area contributed by atoms with Crippen LogP contribution in [0.4, 0.5) is 4.39 Å². The highest BCUT2D eigenvalue weighted by Gasteiger charge is 2.51. The first-order valence-electron chi connectivity index (χ1n) is 12.8. The van der Waals surface area contributed by atoms with Crippen molar-refractivity contribution in [3.63, 3.8) is 0 Å². The number of benzene rings is 2. The Morgan fingerprint density at radius 2 is 1.92 bits per heavy atom. The number of aliphatic hydroxyl groups excluding tert-OH is 3. The molecule has 39 heavy (non-hydrogen) atoms. The van der Waals surface area contributed by atoms with Gasteiger partial charge in [0.05, 0.1) is 32.3 Å². The van der Waals surface area contributed by atoms with E-state index in [2.05, 4.69) is 5.32 Å². The van der Waals surface area contributed by atoms with Gasteiger partial charge in [-0.2, -0.15) is 0 Å². The maximum Gasteiger partial charge on any atom is 0.247 e. The number of hydrogen-bond donors (Lipinski definition) is 4. The number of hydrogen-bond acceptors (Lipinski definition) is 7. The fraction of sp³-hybridized carbons (Fsp3) is 0.379. The van der Waals surface area contributed by atoms with E-state index in [9.17, 15) is 29.3 Å². The van der Waals surface area contributed by atoms with Crippen molar-refractivity contribution in [1.82, 2.24) is 10.2 Å². The van der Waals surface area contributed by atoms with Crippen molar-refractivity contribution < 1.29 is 38.8 Å². The molecule has 2 aliphatic rings. The zero-order valence-electron chi connectivity index (χ0n) is 21.8. The van der Waals surface area contributed by atoms with Crippen molar-refractivity contribution in [1.29, 1.82) is 0 Å². The molecule has 0 saturated heterocycles. The van der Waals surface area contributed by atoms with Gasteiger partial charge < -0.3 is 35.0 Å². The van der Waals surface area contributed by atoms with Crippen molar-refractivity contribution in [3.8, 4) is 11.5 Å². The van der Waals surface area contributed by atoms with Crippen molar-refractivity contribution in [3.05, 3.63) is 82.7 Å². The summed E-state index contributed by atoms with van der Waals surface area (Å²) in [6.07, 6.45) is 3.06. The number of amides is 2. The number of carbonyl (C=O) groups excluding carboxylic acids is 2. The van der Waals surface area contributed by atoms with Crippen LogP contribution in [-0.4, -0.2) is 70.5 Å². The summed E-state index contributed by atoms with van der Waals surface area (Å²) in [5.74, 6) is -1.34. The zero-order chi connectivity index (χ0) is 28.1. The summed E-state index contributed by atoms with van der Waals surface area (Å²) < 4.78 is 25.2. The van der Waals surface area contributed by atoms with E-state index in [4.69, 9.17) is 9.47 Å². The molecule has 0 radical (unpaired) electrons. The summed E-state index contributed by atoms with van der Waals surface area (Å²) in [6.45, 7) is 1.39. The van der Waals surface area contributed by atoms with Gasteiger partial charge in [-0.05, 0) is 54.0 Å². The minimum absolute atomic E-state index is 0.00591. The number of halogens is 1. The third kappa shape index (κ3) is 5.83. The third-order valence-corrected chi connectivity index (χ3v) is 6.90. The number of allylic oxidation sites excluding steroid dienone is 1. The van der Waals surface area contributed by atoms with E-state index in [0.29, 0.717) is 34.6 Å². The van der Waals surface area contributed by atoms with Crippen molar-refractivity contribution in [2.75, 3.05) is 20.3 Å². The number of nitrogens with one attached hydrogen (secondary N) is 1. The van der Waals surface area contributed by atoms with E-state index in [-0.39, 0.29) is 31.9 Å². The van der Waals surface area contributed by atoms with Gasteiger partial charge in [-0.3, -0.25) is 9.59 Å². The Balaban J connectivity index is 1.82. The summed E-state index contributed by atoms with van der Waals surface area (Å²) in [4.78, 5) is 28.1. The largest absolute Gasteiger partial charge is 0.493 e. The van der Waals surface area contributed by atoms with E-state index < -0.39 is 41.8 Å². The second-order valence-corrected chi connectivity index (χ2v) is 9.42. The fourth-order valence-corrected chi connectivity index (χ4v) is 5.05. The molecule has 4 atom stereocenters. The van der Waals surface area contributed by atoms with Crippen LogP contribution in [0.5, 0.6) is 11.5 Å². The Labute approximate surface area is 226 Å². The molecule has 1 heterocycles. The summed E-state index contributed by atoms with van der Waals surface area (Å²) in [6, 6.07) is 8.04. The number of ether oxygens (including phenoxy) is 2. The average Bonchev–Trinajstić information content (AvgIpc) is 3.34. The first kappa shape index (κ1) is 28.3. The lowest BCUT2D eigenvalue weighted by molar-refractivity contribution is -0.133. The first-order chi connectivity index (χ1) is 18.8. The Hall–Kier alpha value is -3.73. The highest BCUT2D eigenvalue weighted by Crippen LogP contribution is 2.51. The van der Waals surface area contributed by atoms with Gasteiger partial charge in [-0.15, -0.1) is 0 Å². The predicted octanol–water partition coefficient (Wildman–Crippen LogP) is 1.94. The number of rotatable bonds is 10. The molecule has 1 aliphatic carbocycles. The molecule has 9 nitrogen and oxygen atoms in total. The van der Waals surface area contributed by atoms with E-state index >= 15 is 0 Å². The smallest absolute Gasteiger partial charge is 0.247 e. The first-order valence-corrected chi connectivity index (χ1v) is 12.8.